The Morgan fingerprint density at radius 3 is 2.68 bits per heavy atom. The van der Waals surface area contributed by atoms with E-state index in [2.05, 4.69) is 30.1 Å². The van der Waals surface area contributed by atoms with Crippen molar-refractivity contribution in [1.82, 2.24) is 14.9 Å². The van der Waals surface area contributed by atoms with Gasteiger partial charge in [0.2, 0.25) is 0 Å². The molecule has 0 spiro atoms. The van der Waals surface area contributed by atoms with Gasteiger partial charge in [-0.05, 0) is 61.4 Å². The molecule has 3 aromatic rings. The fourth-order valence-corrected chi connectivity index (χ4v) is 6.28. The number of piperazine rings is 1. The summed E-state index contributed by atoms with van der Waals surface area (Å²) < 4.78 is 0. The molecule has 1 aromatic carbocycles. The summed E-state index contributed by atoms with van der Waals surface area (Å²) in [5, 5.41) is 13.2. The van der Waals surface area contributed by atoms with Gasteiger partial charge in [-0.1, -0.05) is 13.8 Å². The summed E-state index contributed by atoms with van der Waals surface area (Å²) in [4.78, 5) is 29.6. The third kappa shape index (κ3) is 4.45. The first-order valence-electron chi connectivity index (χ1n) is 12.2. The molecule has 0 saturated carbocycles. The summed E-state index contributed by atoms with van der Waals surface area (Å²) in [7, 11) is 0. The van der Waals surface area contributed by atoms with Crippen molar-refractivity contribution in [1.29, 1.82) is 5.26 Å². The second-order valence-corrected chi connectivity index (χ2v) is 10.4. The molecule has 1 N–H and O–H groups in total. The molecule has 0 bridgehead atoms. The van der Waals surface area contributed by atoms with Gasteiger partial charge in [-0.25, -0.2) is 14.8 Å². The summed E-state index contributed by atoms with van der Waals surface area (Å²) in [5.74, 6) is 2.72. The molecule has 1 saturated heterocycles. The van der Waals surface area contributed by atoms with E-state index in [1.54, 1.807) is 24.3 Å². The number of nitriles is 1. The molecule has 5 rings (SSSR count). The van der Waals surface area contributed by atoms with Crippen LogP contribution in [0.3, 0.4) is 0 Å². The summed E-state index contributed by atoms with van der Waals surface area (Å²) in [5.41, 5.74) is 2.74. The van der Waals surface area contributed by atoms with Crippen LogP contribution in [0, 0.1) is 17.2 Å². The van der Waals surface area contributed by atoms with Crippen LogP contribution in [0.4, 0.5) is 16.3 Å². The van der Waals surface area contributed by atoms with Crippen molar-refractivity contribution >= 4 is 39.1 Å². The van der Waals surface area contributed by atoms with Crippen molar-refractivity contribution in [3.63, 3.8) is 0 Å². The molecule has 1 aliphatic heterocycles. The van der Waals surface area contributed by atoms with Crippen molar-refractivity contribution in [3.05, 3.63) is 46.1 Å². The van der Waals surface area contributed by atoms with Crippen LogP contribution in [0.15, 0.2) is 24.3 Å². The quantitative estimate of drug-likeness (QED) is 0.575. The highest BCUT2D eigenvalue weighted by Gasteiger charge is 2.28. The van der Waals surface area contributed by atoms with E-state index >= 15 is 0 Å². The summed E-state index contributed by atoms with van der Waals surface area (Å²) in [6.07, 6.45) is 5.37. The zero-order chi connectivity index (χ0) is 23.7. The first kappa shape index (κ1) is 22.6. The number of hydrogen-bond donors (Lipinski definition) is 1. The van der Waals surface area contributed by atoms with Crippen molar-refractivity contribution in [3.8, 4) is 6.07 Å². The lowest BCUT2D eigenvalue weighted by atomic mass is 9.89. The molecular weight excluding hydrogens is 444 g/mol. The van der Waals surface area contributed by atoms with Crippen LogP contribution in [0.25, 0.3) is 10.2 Å². The van der Waals surface area contributed by atoms with Crippen molar-refractivity contribution in [2.24, 2.45) is 5.92 Å². The Hall–Kier alpha value is -3.18. The van der Waals surface area contributed by atoms with Gasteiger partial charge in [-0.15, -0.1) is 11.3 Å². The minimum Gasteiger partial charge on any atom is -0.352 e. The number of rotatable bonds is 4. The molecule has 0 radical (unpaired) electrons. The number of nitrogens with zero attached hydrogens (tertiary/aromatic N) is 5. The zero-order valence-corrected chi connectivity index (χ0v) is 20.6. The Labute approximate surface area is 204 Å². The fourth-order valence-electron chi connectivity index (χ4n) is 4.88. The number of carbonyl (C=O) groups excluding carboxylic acids is 1. The van der Waals surface area contributed by atoms with Gasteiger partial charge in [-0.3, -0.25) is 0 Å². The van der Waals surface area contributed by atoms with E-state index in [9.17, 15) is 4.79 Å². The smallest absolute Gasteiger partial charge is 0.321 e. The SMILES string of the molecule is CCCc1nc(N2CCN(C(=O)Nc3ccc(C#N)cc3)CC2)c2c3c(sc2n1)CC(C)CC3. The van der Waals surface area contributed by atoms with E-state index < -0.39 is 0 Å². The Balaban J connectivity index is 1.34. The number of aromatic nitrogens is 2. The van der Waals surface area contributed by atoms with Gasteiger partial charge < -0.3 is 15.1 Å². The van der Waals surface area contributed by atoms with E-state index in [1.165, 1.54) is 22.2 Å². The number of carbonyl (C=O) groups is 1. The number of aryl methyl sites for hydroxylation is 2. The number of hydrogen-bond acceptors (Lipinski definition) is 6. The Bertz CT molecular complexity index is 1240. The maximum atomic E-state index is 12.8. The normalized spacial score (nSPS) is 18.0. The molecule has 34 heavy (non-hydrogen) atoms. The van der Waals surface area contributed by atoms with Crippen LogP contribution in [0.1, 0.15) is 48.5 Å². The molecule has 1 aliphatic carbocycles. The van der Waals surface area contributed by atoms with E-state index in [1.807, 2.05) is 16.2 Å². The number of nitrogens with one attached hydrogen (secondary N) is 1. The van der Waals surface area contributed by atoms with Crippen LogP contribution in [-0.4, -0.2) is 47.1 Å². The van der Waals surface area contributed by atoms with Gasteiger partial charge >= 0.3 is 6.03 Å². The number of fused-ring (bicyclic) bond motifs is 3. The van der Waals surface area contributed by atoms with Gasteiger partial charge in [0.25, 0.3) is 0 Å². The van der Waals surface area contributed by atoms with Crippen LogP contribution in [0.2, 0.25) is 0 Å². The first-order chi connectivity index (χ1) is 16.6. The highest BCUT2D eigenvalue weighted by molar-refractivity contribution is 7.19. The van der Waals surface area contributed by atoms with Crippen LogP contribution < -0.4 is 10.2 Å². The maximum absolute atomic E-state index is 12.8. The molecule has 1 fully saturated rings. The monoisotopic (exact) mass is 474 g/mol. The molecule has 2 aromatic heterocycles. The van der Waals surface area contributed by atoms with Crippen molar-refractivity contribution in [2.75, 3.05) is 36.4 Å². The second kappa shape index (κ2) is 9.59. The average Bonchev–Trinajstić information content (AvgIpc) is 3.21. The van der Waals surface area contributed by atoms with E-state index in [0.717, 1.165) is 61.2 Å². The predicted octanol–water partition coefficient (Wildman–Crippen LogP) is 4.99. The molecule has 1 unspecified atom stereocenters. The third-order valence-corrected chi connectivity index (χ3v) is 7.94. The summed E-state index contributed by atoms with van der Waals surface area (Å²) in [6, 6.07) is 8.94. The third-order valence-electron chi connectivity index (χ3n) is 6.79. The summed E-state index contributed by atoms with van der Waals surface area (Å²) >= 11 is 1.86. The number of thiophene rings is 1. The number of benzene rings is 1. The predicted molar refractivity (Wildman–Crippen MR) is 137 cm³/mol. The molecule has 2 amide bonds. The fraction of sp³-hybridized carbons (Fsp3) is 0.462. The molecule has 176 valence electrons. The average molecular weight is 475 g/mol. The summed E-state index contributed by atoms with van der Waals surface area (Å²) in [6.45, 7) is 7.28. The zero-order valence-electron chi connectivity index (χ0n) is 19.8. The van der Waals surface area contributed by atoms with Crippen molar-refractivity contribution in [2.45, 2.75) is 46.0 Å². The molecule has 7 nitrogen and oxygen atoms in total. The lowest BCUT2D eigenvalue weighted by Crippen LogP contribution is -2.50. The Kier molecular flexibility index (Phi) is 6.38. The Morgan fingerprint density at radius 2 is 1.97 bits per heavy atom. The van der Waals surface area contributed by atoms with Crippen LogP contribution in [-0.2, 0) is 19.3 Å². The molecule has 8 heteroatoms. The van der Waals surface area contributed by atoms with Gasteiger partial charge in [0.15, 0.2) is 0 Å². The number of urea groups is 1. The van der Waals surface area contributed by atoms with E-state index in [-0.39, 0.29) is 6.03 Å². The number of anilines is 2. The Morgan fingerprint density at radius 1 is 1.21 bits per heavy atom. The topological polar surface area (TPSA) is 85.2 Å². The number of amides is 2. The minimum absolute atomic E-state index is 0.106. The van der Waals surface area contributed by atoms with Crippen LogP contribution in [0.5, 0.6) is 0 Å². The first-order valence-corrected chi connectivity index (χ1v) is 13.0. The van der Waals surface area contributed by atoms with E-state index in [4.69, 9.17) is 15.2 Å². The molecular formula is C26H30N6OS. The van der Waals surface area contributed by atoms with E-state index in [0.29, 0.717) is 24.3 Å². The van der Waals surface area contributed by atoms with Gasteiger partial charge in [-0.2, -0.15) is 5.26 Å². The highest BCUT2D eigenvalue weighted by Crippen LogP contribution is 2.41. The lowest BCUT2D eigenvalue weighted by Gasteiger charge is -2.36. The van der Waals surface area contributed by atoms with Crippen molar-refractivity contribution < 1.29 is 4.79 Å². The standard InChI is InChI=1S/C26H30N6OS/c1-3-4-22-29-24(23-20-10-5-17(2)15-21(20)34-25(23)30-22)31-11-13-32(14-12-31)26(33)28-19-8-6-18(16-27)7-9-19/h6-9,17H,3-5,10-15H2,1-2H3,(H,28,33). The lowest BCUT2D eigenvalue weighted by molar-refractivity contribution is 0.208. The van der Waals surface area contributed by atoms with Gasteiger partial charge in [0.05, 0.1) is 17.0 Å². The highest BCUT2D eigenvalue weighted by atomic mass is 32.1. The minimum atomic E-state index is -0.106. The van der Waals surface area contributed by atoms with Gasteiger partial charge in [0.1, 0.15) is 16.5 Å². The van der Waals surface area contributed by atoms with Crippen LogP contribution >= 0.6 is 11.3 Å². The molecule has 3 heterocycles. The molecule has 2 aliphatic rings. The van der Waals surface area contributed by atoms with Gasteiger partial charge in [0, 0.05) is 43.2 Å². The molecule has 1 atom stereocenters. The maximum Gasteiger partial charge on any atom is 0.321 e. The largest absolute Gasteiger partial charge is 0.352 e. The second-order valence-electron chi connectivity index (χ2n) is 9.34.